The average molecular weight is 267 g/mol. The molecule has 1 rings (SSSR count). The summed E-state index contributed by atoms with van der Waals surface area (Å²) < 4.78 is 14.1. The maximum Gasteiger partial charge on any atom is 0.135 e. The van der Waals surface area contributed by atoms with Crippen LogP contribution in [0.15, 0.2) is 12.6 Å². The Kier molecular flexibility index (Phi) is 4.55. The lowest BCUT2D eigenvalue weighted by Gasteiger charge is -2.30. The van der Waals surface area contributed by atoms with Gasteiger partial charge in [-0.1, -0.05) is 12.7 Å². The molecule has 0 aromatic heterocycles. The first-order valence-electron chi connectivity index (χ1n) is 6.09. The highest BCUT2D eigenvalue weighted by Crippen LogP contribution is 2.33. The van der Waals surface area contributed by atoms with Crippen LogP contribution in [-0.2, 0) is 0 Å². The summed E-state index contributed by atoms with van der Waals surface area (Å²) >= 11 is 0. The zero-order chi connectivity index (χ0) is 14.8. The molecule has 0 atom stereocenters. The third-order valence-electron chi connectivity index (χ3n) is 2.83. The van der Waals surface area contributed by atoms with Crippen LogP contribution in [0.3, 0.4) is 0 Å². The van der Waals surface area contributed by atoms with Gasteiger partial charge >= 0.3 is 0 Å². The van der Waals surface area contributed by atoms with Gasteiger partial charge in [-0.3, -0.25) is 0 Å². The summed E-state index contributed by atoms with van der Waals surface area (Å²) in [5.74, 6) is 5.61. The molecule has 19 heavy (non-hydrogen) atoms. The molecule has 0 fully saturated rings. The first kappa shape index (κ1) is 15.5. The molecular formula is C14H22FN3O. The molecule has 0 spiro atoms. The highest BCUT2D eigenvalue weighted by atomic mass is 19.1. The molecule has 0 saturated carbocycles. The van der Waals surface area contributed by atoms with Crippen molar-refractivity contribution < 1.29 is 9.50 Å². The third kappa shape index (κ3) is 3.45. The largest absolute Gasteiger partial charge is 0.389 e. The topological polar surface area (TPSA) is 61.5 Å². The van der Waals surface area contributed by atoms with E-state index in [1.807, 2.05) is 0 Å². The first-order chi connectivity index (χ1) is 8.71. The molecule has 0 bridgehead atoms. The Bertz CT molecular complexity index is 481. The molecule has 4 N–H and O–H groups in total. The molecule has 0 aliphatic heterocycles. The standard InChI is InChI=1S/C14H22FN3O/c1-6-10-7-11(17-5)13(9(2)12(10)15)18(16)8-14(3,4)19/h6-7,17,19H,1,8,16H2,2-5H3. The van der Waals surface area contributed by atoms with Crippen LogP contribution in [0.2, 0.25) is 0 Å². The van der Waals surface area contributed by atoms with Gasteiger partial charge in [0.2, 0.25) is 0 Å². The van der Waals surface area contributed by atoms with Gasteiger partial charge in [0, 0.05) is 18.2 Å². The second-order valence-corrected chi connectivity index (χ2v) is 5.20. The Balaban J connectivity index is 3.33. The minimum Gasteiger partial charge on any atom is -0.389 e. The van der Waals surface area contributed by atoms with Crippen molar-refractivity contribution in [2.24, 2.45) is 5.84 Å². The van der Waals surface area contributed by atoms with Gasteiger partial charge in [-0.2, -0.15) is 0 Å². The van der Waals surface area contributed by atoms with E-state index in [0.29, 0.717) is 22.5 Å². The van der Waals surface area contributed by atoms with Crippen molar-refractivity contribution in [1.29, 1.82) is 0 Å². The van der Waals surface area contributed by atoms with Crippen molar-refractivity contribution in [2.45, 2.75) is 26.4 Å². The predicted octanol–water partition coefficient (Wildman–Crippen LogP) is 2.27. The molecule has 5 heteroatoms. The summed E-state index contributed by atoms with van der Waals surface area (Å²) in [7, 11) is 1.74. The minimum atomic E-state index is -0.972. The number of nitrogens with two attached hydrogens (primary N) is 1. The SMILES string of the molecule is C=Cc1cc(NC)c(N(N)CC(C)(C)O)c(C)c1F. The number of aliphatic hydroxyl groups is 1. The summed E-state index contributed by atoms with van der Waals surface area (Å²) in [4.78, 5) is 0. The monoisotopic (exact) mass is 267 g/mol. The number of rotatable bonds is 5. The molecule has 1 aromatic carbocycles. The molecule has 1 aromatic rings. The fourth-order valence-corrected chi connectivity index (χ4v) is 2.01. The smallest absolute Gasteiger partial charge is 0.135 e. The lowest BCUT2D eigenvalue weighted by atomic mass is 10.0. The van der Waals surface area contributed by atoms with Crippen LogP contribution in [0, 0.1) is 12.7 Å². The van der Waals surface area contributed by atoms with Crippen molar-refractivity contribution in [1.82, 2.24) is 0 Å². The molecule has 0 saturated heterocycles. The van der Waals surface area contributed by atoms with Crippen molar-refractivity contribution in [2.75, 3.05) is 23.9 Å². The van der Waals surface area contributed by atoms with Gasteiger partial charge in [0.15, 0.2) is 0 Å². The molecule has 0 heterocycles. The van der Waals surface area contributed by atoms with Crippen molar-refractivity contribution in [3.63, 3.8) is 0 Å². The molecular weight excluding hydrogens is 245 g/mol. The number of benzene rings is 1. The molecule has 0 aliphatic carbocycles. The van der Waals surface area contributed by atoms with Crippen LogP contribution in [0.4, 0.5) is 15.8 Å². The van der Waals surface area contributed by atoms with Gasteiger partial charge in [-0.05, 0) is 26.8 Å². The Morgan fingerprint density at radius 1 is 1.58 bits per heavy atom. The van der Waals surface area contributed by atoms with E-state index in [-0.39, 0.29) is 12.4 Å². The van der Waals surface area contributed by atoms with Gasteiger partial charge in [-0.15, -0.1) is 0 Å². The highest BCUT2D eigenvalue weighted by Gasteiger charge is 2.22. The fourth-order valence-electron chi connectivity index (χ4n) is 2.01. The van der Waals surface area contributed by atoms with Gasteiger partial charge in [0.1, 0.15) is 5.82 Å². The van der Waals surface area contributed by atoms with Crippen LogP contribution < -0.4 is 16.2 Å². The summed E-state index contributed by atoms with van der Waals surface area (Å²) in [5, 5.41) is 14.2. The molecule has 106 valence electrons. The highest BCUT2D eigenvalue weighted by molar-refractivity contribution is 5.77. The van der Waals surface area contributed by atoms with Crippen molar-refractivity contribution >= 4 is 17.5 Å². The van der Waals surface area contributed by atoms with E-state index in [0.717, 1.165) is 0 Å². The van der Waals surface area contributed by atoms with E-state index in [9.17, 15) is 9.50 Å². The van der Waals surface area contributed by atoms with Gasteiger partial charge in [0.05, 0.1) is 23.5 Å². The van der Waals surface area contributed by atoms with Crippen LogP contribution in [0.5, 0.6) is 0 Å². The van der Waals surface area contributed by atoms with E-state index >= 15 is 0 Å². The number of hydrogen-bond donors (Lipinski definition) is 3. The third-order valence-corrected chi connectivity index (χ3v) is 2.83. The first-order valence-corrected chi connectivity index (χ1v) is 6.09. The van der Waals surface area contributed by atoms with E-state index in [2.05, 4.69) is 11.9 Å². The lowest BCUT2D eigenvalue weighted by Crippen LogP contribution is -2.43. The predicted molar refractivity (Wildman–Crippen MR) is 78.6 cm³/mol. The van der Waals surface area contributed by atoms with Crippen molar-refractivity contribution in [3.05, 3.63) is 29.6 Å². The molecule has 0 unspecified atom stereocenters. The maximum absolute atomic E-state index is 14.1. The number of anilines is 2. The number of hydrazine groups is 1. The van der Waals surface area contributed by atoms with E-state index in [1.54, 1.807) is 33.9 Å². The fraction of sp³-hybridized carbons (Fsp3) is 0.429. The van der Waals surface area contributed by atoms with Gasteiger partial charge in [0.25, 0.3) is 0 Å². The van der Waals surface area contributed by atoms with Crippen LogP contribution >= 0.6 is 0 Å². The summed E-state index contributed by atoms with van der Waals surface area (Å²) in [6, 6.07) is 1.65. The number of halogens is 1. The molecule has 4 nitrogen and oxygen atoms in total. The van der Waals surface area contributed by atoms with E-state index < -0.39 is 5.60 Å². The van der Waals surface area contributed by atoms with Gasteiger partial charge < -0.3 is 15.4 Å². The quantitative estimate of drug-likeness (QED) is 0.566. The zero-order valence-corrected chi connectivity index (χ0v) is 11.9. The zero-order valence-electron chi connectivity index (χ0n) is 11.9. The number of nitrogens with one attached hydrogen (secondary N) is 1. The number of nitrogens with zero attached hydrogens (tertiary/aromatic N) is 1. The second-order valence-electron chi connectivity index (χ2n) is 5.20. The molecule has 0 aliphatic rings. The van der Waals surface area contributed by atoms with Crippen molar-refractivity contribution in [3.8, 4) is 0 Å². The summed E-state index contributed by atoms with van der Waals surface area (Å²) in [6.07, 6.45) is 1.46. The second kappa shape index (κ2) is 5.59. The summed E-state index contributed by atoms with van der Waals surface area (Å²) in [6.45, 7) is 8.73. The van der Waals surface area contributed by atoms with E-state index in [1.165, 1.54) is 11.1 Å². The minimum absolute atomic E-state index is 0.190. The normalized spacial score (nSPS) is 11.3. The van der Waals surface area contributed by atoms with Crippen LogP contribution in [-0.4, -0.2) is 24.3 Å². The molecule has 0 radical (unpaired) electrons. The van der Waals surface area contributed by atoms with Crippen LogP contribution in [0.1, 0.15) is 25.0 Å². The average Bonchev–Trinajstić information content (AvgIpc) is 2.29. The Morgan fingerprint density at radius 2 is 2.16 bits per heavy atom. The van der Waals surface area contributed by atoms with E-state index in [4.69, 9.17) is 5.84 Å². The summed E-state index contributed by atoms with van der Waals surface area (Å²) in [5.41, 5.74) is 1.10. The number of hydrogen-bond acceptors (Lipinski definition) is 4. The lowest BCUT2D eigenvalue weighted by molar-refractivity contribution is 0.0874. The molecule has 0 amide bonds. The van der Waals surface area contributed by atoms with Gasteiger partial charge in [-0.25, -0.2) is 10.2 Å². The van der Waals surface area contributed by atoms with Crippen LogP contribution in [0.25, 0.3) is 6.08 Å². The Labute approximate surface area is 113 Å². The maximum atomic E-state index is 14.1. The Morgan fingerprint density at radius 3 is 2.58 bits per heavy atom. The Hall–Kier alpha value is -1.59.